The van der Waals surface area contributed by atoms with Crippen molar-refractivity contribution in [3.05, 3.63) is 52.9 Å². The van der Waals surface area contributed by atoms with Crippen molar-refractivity contribution in [2.75, 3.05) is 13.9 Å². The highest BCUT2D eigenvalue weighted by atomic mass is 16.7. The largest absolute Gasteiger partial charge is 0.463 e. The summed E-state index contributed by atoms with van der Waals surface area (Å²) >= 11 is 0. The predicted octanol–water partition coefficient (Wildman–Crippen LogP) is 2.44. The maximum absolute atomic E-state index is 13.1. The summed E-state index contributed by atoms with van der Waals surface area (Å²) in [5, 5.41) is 21.2. The number of fused-ring (bicyclic) bond motifs is 2. The molecule has 1 aromatic heterocycles. The van der Waals surface area contributed by atoms with Gasteiger partial charge in [0, 0.05) is 13.2 Å². The molecule has 2 N–H and O–H groups in total. The molecule has 4 atom stereocenters. The molecule has 0 radical (unpaired) electrons. The van der Waals surface area contributed by atoms with Crippen molar-refractivity contribution in [1.29, 1.82) is 0 Å². The molecule has 0 saturated carbocycles. The molecule has 0 bridgehead atoms. The van der Waals surface area contributed by atoms with Crippen molar-refractivity contribution < 1.29 is 38.3 Å². The molecule has 1 saturated heterocycles. The Labute approximate surface area is 189 Å². The van der Waals surface area contributed by atoms with Crippen molar-refractivity contribution in [3.8, 4) is 28.4 Å². The number of methoxy groups -OCH3 is 1. The van der Waals surface area contributed by atoms with Gasteiger partial charge in [0.05, 0.1) is 16.6 Å². The second-order valence-electron chi connectivity index (χ2n) is 8.55. The SMILES string of the molecule is CO[C@@H]1[C@@H](O)[C@@H](O)[C@H](Oc2ccc3c(=O)c(-c4ccc5c(c4)OCO5)coc3c2)OC1(C)C. The molecule has 174 valence electrons. The van der Waals surface area contributed by atoms with Crippen LogP contribution in [0.5, 0.6) is 17.2 Å². The van der Waals surface area contributed by atoms with Gasteiger partial charge in [0.25, 0.3) is 0 Å². The quantitative estimate of drug-likeness (QED) is 0.610. The first-order valence-electron chi connectivity index (χ1n) is 10.5. The lowest BCUT2D eigenvalue weighted by molar-refractivity contribution is -0.305. The second-order valence-corrected chi connectivity index (χ2v) is 8.55. The minimum absolute atomic E-state index is 0.146. The molecule has 0 spiro atoms. The minimum Gasteiger partial charge on any atom is -0.463 e. The molecule has 9 nitrogen and oxygen atoms in total. The van der Waals surface area contributed by atoms with Crippen LogP contribution in [0.3, 0.4) is 0 Å². The maximum Gasteiger partial charge on any atom is 0.231 e. The van der Waals surface area contributed by atoms with E-state index in [4.69, 9.17) is 28.1 Å². The molecule has 5 rings (SSSR count). The Hall–Kier alpha value is -3.11. The van der Waals surface area contributed by atoms with Gasteiger partial charge in [-0.25, -0.2) is 0 Å². The molecule has 3 aromatic rings. The van der Waals surface area contributed by atoms with E-state index in [0.717, 1.165) is 0 Å². The Morgan fingerprint density at radius 1 is 1.03 bits per heavy atom. The Kier molecular flexibility index (Phi) is 5.29. The molecule has 2 aliphatic rings. The van der Waals surface area contributed by atoms with Crippen LogP contribution in [-0.2, 0) is 9.47 Å². The molecular weight excluding hydrogens is 432 g/mol. The van der Waals surface area contributed by atoms with E-state index in [2.05, 4.69) is 0 Å². The normalized spacial score (nSPS) is 25.8. The zero-order valence-electron chi connectivity index (χ0n) is 18.3. The van der Waals surface area contributed by atoms with Gasteiger partial charge in [-0.05, 0) is 43.7 Å². The third-order valence-corrected chi connectivity index (χ3v) is 5.98. The number of hydrogen-bond donors (Lipinski definition) is 2. The lowest BCUT2D eigenvalue weighted by atomic mass is 9.89. The molecule has 2 aliphatic heterocycles. The van der Waals surface area contributed by atoms with Crippen LogP contribution >= 0.6 is 0 Å². The van der Waals surface area contributed by atoms with Crippen LogP contribution in [0.2, 0.25) is 0 Å². The van der Waals surface area contributed by atoms with Crippen LogP contribution in [-0.4, -0.2) is 54.3 Å². The van der Waals surface area contributed by atoms with E-state index in [9.17, 15) is 15.0 Å². The summed E-state index contributed by atoms with van der Waals surface area (Å²) < 4.78 is 33.3. The summed E-state index contributed by atoms with van der Waals surface area (Å²) in [6, 6.07) is 9.96. The third kappa shape index (κ3) is 3.72. The molecule has 9 heteroatoms. The van der Waals surface area contributed by atoms with Crippen molar-refractivity contribution >= 4 is 11.0 Å². The van der Waals surface area contributed by atoms with Crippen molar-refractivity contribution in [2.45, 2.75) is 44.1 Å². The number of ether oxygens (including phenoxy) is 5. The first-order chi connectivity index (χ1) is 15.8. The topological polar surface area (TPSA) is 117 Å². The number of rotatable bonds is 4. The van der Waals surface area contributed by atoms with Crippen LogP contribution in [0.15, 0.2) is 51.9 Å². The Morgan fingerprint density at radius 2 is 1.82 bits per heavy atom. The predicted molar refractivity (Wildman–Crippen MR) is 116 cm³/mol. The molecule has 0 amide bonds. The van der Waals surface area contributed by atoms with Gasteiger partial charge in [0.1, 0.15) is 35.9 Å². The van der Waals surface area contributed by atoms with E-state index in [1.807, 2.05) is 0 Å². The van der Waals surface area contributed by atoms with Gasteiger partial charge >= 0.3 is 0 Å². The van der Waals surface area contributed by atoms with Gasteiger partial charge in [-0.2, -0.15) is 0 Å². The summed E-state index contributed by atoms with van der Waals surface area (Å²) in [5.74, 6) is 1.51. The fourth-order valence-corrected chi connectivity index (χ4v) is 4.28. The summed E-state index contributed by atoms with van der Waals surface area (Å²) in [5.41, 5.74) is 0.229. The molecular formula is C24H24O9. The molecule has 2 aromatic carbocycles. The van der Waals surface area contributed by atoms with Gasteiger partial charge in [0.2, 0.25) is 13.1 Å². The minimum atomic E-state index is -1.33. The average Bonchev–Trinajstić information content (AvgIpc) is 3.25. The van der Waals surface area contributed by atoms with Gasteiger partial charge in [-0.3, -0.25) is 4.79 Å². The van der Waals surface area contributed by atoms with Crippen LogP contribution in [0, 0.1) is 0 Å². The van der Waals surface area contributed by atoms with Gasteiger partial charge in [-0.1, -0.05) is 6.07 Å². The molecule has 0 unspecified atom stereocenters. The van der Waals surface area contributed by atoms with E-state index < -0.39 is 30.2 Å². The summed E-state index contributed by atoms with van der Waals surface area (Å²) in [6.07, 6.45) is -3.02. The Bertz CT molecular complexity index is 1250. The summed E-state index contributed by atoms with van der Waals surface area (Å²) in [4.78, 5) is 13.1. The lowest BCUT2D eigenvalue weighted by Gasteiger charge is -2.46. The standard InChI is InChI=1S/C24H24O9/c1-24(2)22(28-3)20(26)21(27)23(33-24)32-13-5-6-14-17(9-13)29-10-15(19(14)25)12-4-7-16-18(8-12)31-11-30-16/h4-10,20-23,26-27H,11H2,1-3H3/t20-,21+,22+,23+/m0/s1. The van der Waals surface area contributed by atoms with E-state index in [1.54, 1.807) is 44.2 Å². The Morgan fingerprint density at radius 3 is 2.61 bits per heavy atom. The first-order valence-corrected chi connectivity index (χ1v) is 10.5. The molecule has 33 heavy (non-hydrogen) atoms. The lowest BCUT2D eigenvalue weighted by Crippen LogP contribution is -2.63. The third-order valence-electron chi connectivity index (χ3n) is 5.98. The second kappa shape index (κ2) is 8.03. The summed E-state index contributed by atoms with van der Waals surface area (Å²) in [7, 11) is 1.44. The van der Waals surface area contributed by atoms with Gasteiger partial charge in [0.15, 0.2) is 16.9 Å². The highest BCUT2D eigenvalue weighted by Crippen LogP contribution is 2.36. The monoisotopic (exact) mass is 456 g/mol. The fourth-order valence-electron chi connectivity index (χ4n) is 4.28. The van der Waals surface area contributed by atoms with E-state index >= 15 is 0 Å². The fraction of sp³-hybridized carbons (Fsp3) is 0.375. The average molecular weight is 456 g/mol. The van der Waals surface area contributed by atoms with Crippen LogP contribution < -0.4 is 19.6 Å². The molecule has 3 heterocycles. The number of aliphatic hydroxyl groups is 2. The van der Waals surface area contributed by atoms with Crippen LogP contribution in [0.1, 0.15) is 13.8 Å². The maximum atomic E-state index is 13.1. The number of benzene rings is 2. The zero-order chi connectivity index (χ0) is 23.3. The van der Waals surface area contributed by atoms with Crippen LogP contribution in [0.25, 0.3) is 22.1 Å². The highest BCUT2D eigenvalue weighted by molar-refractivity contribution is 5.83. The smallest absolute Gasteiger partial charge is 0.231 e. The van der Waals surface area contributed by atoms with Crippen molar-refractivity contribution in [2.24, 2.45) is 0 Å². The van der Waals surface area contributed by atoms with Crippen molar-refractivity contribution in [3.63, 3.8) is 0 Å². The van der Waals surface area contributed by atoms with Gasteiger partial charge in [-0.15, -0.1) is 0 Å². The van der Waals surface area contributed by atoms with E-state index in [1.165, 1.54) is 19.4 Å². The van der Waals surface area contributed by atoms with E-state index in [0.29, 0.717) is 39.3 Å². The molecule has 1 fully saturated rings. The summed E-state index contributed by atoms with van der Waals surface area (Å²) in [6.45, 7) is 3.63. The van der Waals surface area contributed by atoms with Crippen LogP contribution in [0.4, 0.5) is 0 Å². The Balaban J connectivity index is 1.43. The van der Waals surface area contributed by atoms with Crippen molar-refractivity contribution in [1.82, 2.24) is 0 Å². The van der Waals surface area contributed by atoms with E-state index in [-0.39, 0.29) is 12.2 Å². The highest BCUT2D eigenvalue weighted by Gasteiger charge is 2.50. The number of aliphatic hydroxyl groups excluding tert-OH is 2. The molecule has 0 aliphatic carbocycles. The van der Waals surface area contributed by atoms with Gasteiger partial charge < -0.3 is 38.3 Å². The first kappa shape index (κ1) is 21.7. The number of hydrogen-bond acceptors (Lipinski definition) is 9. The zero-order valence-corrected chi connectivity index (χ0v) is 18.3.